The zero-order chi connectivity index (χ0) is 16.4. The lowest BCUT2D eigenvalue weighted by Gasteiger charge is -2.26. The summed E-state index contributed by atoms with van der Waals surface area (Å²) in [6.45, 7) is 1.54. The molecule has 0 saturated carbocycles. The fourth-order valence-electron chi connectivity index (χ4n) is 3.14. The minimum absolute atomic E-state index is 0.0316. The molecule has 1 saturated heterocycles. The van der Waals surface area contributed by atoms with E-state index in [0.29, 0.717) is 31.6 Å². The van der Waals surface area contributed by atoms with Crippen LogP contribution in [0.15, 0.2) is 36.5 Å². The van der Waals surface area contributed by atoms with E-state index in [0.717, 1.165) is 11.3 Å². The van der Waals surface area contributed by atoms with Gasteiger partial charge in [-0.1, -0.05) is 12.1 Å². The molecule has 6 nitrogen and oxygen atoms in total. The highest BCUT2D eigenvalue weighted by atomic mass is 16.3. The van der Waals surface area contributed by atoms with Gasteiger partial charge in [0.2, 0.25) is 0 Å². The van der Waals surface area contributed by atoms with Gasteiger partial charge in [-0.15, -0.1) is 0 Å². The van der Waals surface area contributed by atoms with Crippen molar-refractivity contribution in [3.05, 3.63) is 42.1 Å². The van der Waals surface area contributed by atoms with Gasteiger partial charge in [0.1, 0.15) is 0 Å². The summed E-state index contributed by atoms with van der Waals surface area (Å²) < 4.78 is 0. The quantitative estimate of drug-likeness (QED) is 0.890. The van der Waals surface area contributed by atoms with Crippen LogP contribution < -0.4 is 0 Å². The number of aromatic amines is 1. The molecule has 0 unspecified atom stereocenters. The van der Waals surface area contributed by atoms with Crippen LogP contribution in [0.4, 0.5) is 0 Å². The number of hydrogen-bond donors (Lipinski definition) is 2. The van der Waals surface area contributed by atoms with Gasteiger partial charge in [-0.25, -0.2) is 0 Å². The Labute approximate surface area is 135 Å². The third-order valence-electron chi connectivity index (χ3n) is 4.17. The van der Waals surface area contributed by atoms with Crippen LogP contribution in [0.5, 0.6) is 0 Å². The first-order chi connectivity index (χ1) is 11.0. The molecule has 1 amide bonds. The van der Waals surface area contributed by atoms with Crippen molar-refractivity contribution >= 4 is 5.91 Å². The monoisotopic (exact) mass is 314 g/mol. The molecule has 1 aromatic heterocycles. The Hall–Kier alpha value is -2.18. The van der Waals surface area contributed by atoms with Gasteiger partial charge < -0.3 is 14.9 Å². The smallest absolute Gasteiger partial charge is 0.253 e. The normalized spacial score (nSPS) is 21.1. The highest BCUT2D eigenvalue weighted by Crippen LogP contribution is 2.24. The molecule has 23 heavy (non-hydrogen) atoms. The van der Waals surface area contributed by atoms with Gasteiger partial charge in [0.25, 0.3) is 5.91 Å². The number of β-amino-alcohol motifs (C(OH)–C–C–N with tert-alkyl or cyclic N) is 1. The first-order valence-corrected chi connectivity index (χ1v) is 7.73. The van der Waals surface area contributed by atoms with E-state index in [9.17, 15) is 9.90 Å². The maximum absolute atomic E-state index is 12.6. The Morgan fingerprint density at radius 1 is 1.35 bits per heavy atom. The van der Waals surface area contributed by atoms with Crippen LogP contribution in [0.3, 0.4) is 0 Å². The van der Waals surface area contributed by atoms with E-state index in [2.05, 4.69) is 10.2 Å². The summed E-state index contributed by atoms with van der Waals surface area (Å²) in [4.78, 5) is 16.3. The molecule has 122 valence electrons. The van der Waals surface area contributed by atoms with Crippen LogP contribution in [-0.4, -0.2) is 70.3 Å². The van der Waals surface area contributed by atoms with Gasteiger partial charge >= 0.3 is 0 Å². The topological polar surface area (TPSA) is 72.5 Å². The van der Waals surface area contributed by atoms with E-state index in [1.807, 2.05) is 49.3 Å². The van der Waals surface area contributed by atoms with Crippen LogP contribution in [0.2, 0.25) is 0 Å². The van der Waals surface area contributed by atoms with E-state index in [-0.39, 0.29) is 5.91 Å². The molecule has 2 N–H and O–H groups in total. The maximum atomic E-state index is 12.6. The molecule has 0 radical (unpaired) electrons. The van der Waals surface area contributed by atoms with Crippen molar-refractivity contribution < 1.29 is 9.90 Å². The average Bonchev–Trinajstić information content (AvgIpc) is 3.16. The number of hydrogen-bond acceptors (Lipinski definition) is 4. The van der Waals surface area contributed by atoms with E-state index in [1.54, 1.807) is 11.1 Å². The summed E-state index contributed by atoms with van der Waals surface area (Å²) in [5.74, 6) is -0.0316. The Morgan fingerprint density at radius 3 is 2.70 bits per heavy atom. The first-order valence-electron chi connectivity index (χ1n) is 7.73. The van der Waals surface area contributed by atoms with Gasteiger partial charge in [-0.3, -0.25) is 9.89 Å². The molecule has 1 aliphatic rings. The number of likely N-dealkylation sites (tertiary alicyclic amines) is 1. The lowest BCUT2D eigenvalue weighted by molar-refractivity contribution is 0.0236. The Morgan fingerprint density at radius 2 is 2.09 bits per heavy atom. The molecule has 1 aliphatic heterocycles. The van der Waals surface area contributed by atoms with Crippen LogP contribution in [0.25, 0.3) is 11.3 Å². The van der Waals surface area contributed by atoms with Crippen molar-refractivity contribution in [2.45, 2.75) is 12.0 Å². The summed E-state index contributed by atoms with van der Waals surface area (Å²) in [6.07, 6.45) is 2.31. The third-order valence-corrected chi connectivity index (χ3v) is 4.17. The Bertz CT molecular complexity index is 666. The second kappa shape index (κ2) is 6.14. The molecular weight excluding hydrogens is 292 g/mol. The molecule has 0 aliphatic carbocycles. The van der Waals surface area contributed by atoms with E-state index >= 15 is 0 Å². The molecule has 0 bridgehead atoms. The zero-order valence-corrected chi connectivity index (χ0v) is 13.5. The fourth-order valence-corrected chi connectivity index (χ4v) is 3.14. The van der Waals surface area contributed by atoms with Crippen molar-refractivity contribution in [1.29, 1.82) is 0 Å². The molecule has 2 aromatic rings. The standard InChI is InChI=1S/C17H22N4O2/c1-20(2)11-17(23)8-10-21(12-17)16(22)14-5-3-13(4-6-14)15-7-9-18-19-15/h3-7,9,23H,8,10-12H2,1-2H3,(H,18,19)/t17-/m1/s1. The lowest BCUT2D eigenvalue weighted by atomic mass is 10.0. The molecule has 0 spiro atoms. The second-order valence-corrected chi connectivity index (χ2v) is 6.49. The highest BCUT2D eigenvalue weighted by molar-refractivity contribution is 5.95. The van der Waals surface area contributed by atoms with E-state index in [4.69, 9.17) is 0 Å². The Kier molecular flexibility index (Phi) is 4.19. The van der Waals surface area contributed by atoms with E-state index in [1.165, 1.54) is 0 Å². The van der Waals surface area contributed by atoms with Crippen molar-refractivity contribution in [1.82, 2.24) is 20.0 Å². The number of rotatable bonds is 4. The van der Waals surface area contributed by atoms with Gasteiger partial charge in [-0.2, -0.15) is 5.10 Å². The second-order valence-electron chi connectivity index (χ2n) is 6.49. The molecule has 6 heteroatoms. The number of likely N-dealkylation sites (N-methyl/N-ethyl adjacent to an activating group) is 1. The van der Waals surface area contributed by atoms with Crippen molar-refractivity contribution in [2.75, 3.05) is 33.7 Å². The van der Waals surface area contributed by atoms with Gasteiger partial charge in [-0.05, 0) is 44.3 Å². The number of carbonyl (C=O) groups excluding carboxylic acids is 1. The fraction of sp³-hybridized carbons (Fsp3) is 0.412. The summed E-state index contributed by atoms with van der Waals surface area (Å²) in [5.41, 5.74) is 1.74. The number of nitrogens with zero attached hydrogens (tertiary/aromatic N) is 3. The molecule has 3 rings (SSSR count). The third kappa shape index (κ3) is 3.43. The zero-order valence-electron chi connectivity index (χ0n) is 13.5. The molecule has 1 atom stereocenters. The molecular formula is C17H22N4O2. The van der Waals surface area contributed by atoms with Crippen molar-refractivity contribution in [3.8, 4) is 11.3 Å². The summed E-state index contributed by atoms with van der Waals surface area (Å²) in [5, 5.41) is 17.4. The van der Waals surface area contributed by atoms with Gasteiger partial charge in [0, 0.05) is 24.8 Å². The van der Waals surface area contributed by atoms with Gasteiger partial charge in [0.15, 0.2) is 0 Å². The van der Waals surface area contributed by atoms with Crippen LogP contribution >= 0.6 is 0 Å². The van der Waals surface area contributed by atoms with Crippen molar-refractivity contribution in [3.63, 3.8) is 0 Å². The summed E-state index contributed by atoms with van der Waals surface area (Å²) in [7, 11) is 3.85. The minimum atomic E-state index is -0.810. The number of amides is 1. The largest absolute Gasteiger partial charge is 0.387 e. The highest BCUT2D eigenvalue weighted by Gasteiger charge is 2.38. The summed E-state index contributed by atoms with van der Waals surface area (Å²) >= 11 is 0. The van der Waals surface area contributed by atoms with Crippen molar-refractivity contribution in [2.24, 2.45) is 0 Å². The number of nitrogens with one attached hydrogen (secondary N) is 1. The van der Waals surface area contributed by atoms with Crippen LogP contribution in [0.1, 0.15) is 16.8 Å². The average molecular weight is 314 g/mol. The maximum Gasteiger partial charge on any atom is 0.253 e. The minimum Gasteiger partial charge on any atom is -0.387 e. The first kappa shape index (κ1) is 15.7. The predicted octanol–water partition coefficient (Wildman–Crippen LogP) is 1.22. The van der Waals surface area contributed by atoms with E-state index < -0.39 is 5.60 Å². The van der Waals surface area contributed by atoms with Crippen LogP contribution in [-0.2, 0) is 0 Å². The number of aliphatic hydroxyl groups is 1. The SMILES string of the molecule is CN(C)C[C@]1(O)CCN(C(=O)c2ccc(-c3ccn[nH]3)cc2)C1. The van der Waals surface area contributed by atoms with Gasteiger partial charge in [0.05, 0.1) is 17.8 Å². The number of aromatic nitrogens is 2. The molecule has 1 fully saturated rings. The number of carbonyl (C=O) groups is 1. The predicted molar refractivity (Wildman–Crippen MR) is 88.0 cm³/mol. The molecule has 1 aromatic carbocycles. The Balaban J connectivity index is 1.69. The number of benzene rings is 1. The molecule has 2 heterocycles. The lowest BCUT2D eigenvalue weighted by Crippen LogP contribution is -2.43. The number of H-pyrrole nitrogens is 1. The van der Waals surface area contributed by atoms with Crippen LogP contribution in [0, 0.1) is 0 Å². The summed E-state index contributed by atoms with van der Waals surface area (Å²) in [6, 6.07) is 9.34.